The van der Waals surface area contributed by atoms with Crippen LogP contribution in [0.25, 0.3) is 11.4 Å². The number of halogens is 3. The Hall–Kier alpha value is -1.96. The van der Waals surface area contributed by atoms with Gasteiger partial charge in [0.2, 0.25) is 5.82 Å². The zero-order valence-electron chi connectivity index (χ0n) is 12.9. The van der Waals surface area contributed by atoms with Crippen molar-refractivity contribution in [1.29, 1.82) is 0 Å². The van der Waals surface area contributed by atoms with Gasteiger partial charge in [-0.2, -0.15) is 4.80 Å². The van der Waals surface area contributed by atoms with E-state index < -0.39 is 6.04 Å². The molecule has 0 saturated heterocycles. The molecule has 0 fully saturated rings. The minimum atomic E-state index is -0.663. The third-order valence-corrected chi connectivity index (χ3v) is 4.52. The van der Waals surface area contributed by atoms with E-state index in [9.17, 15) is 4.79 Å². The molecule has 1 aromatic heterocycles. The summed E-state index contributed by atoms with van der Waals surface area (Å²) in [6.45, 7) is 1.67. The maximum absolute atomic E-state index is 12.4. The van der Waals surface area contributed by atoms with E-state index in [1.807, 2.05) is 24.3 Å². The van der Waals surface area contributed by atoms with E-state index in [-0.39, 0.29) is 5.91 Å². The summed E-state index contributed by atoms with van der Waals surface area (Å²) >= 11 is 15.3. The summed E-state index contributed by atoms with van der Waals surface area (Å²) in [6.07, 6.45) is 0. The van der Waals surface area contributed by atoms with Gasteiger partial charge in [0.1, 0.15) is 6.04 Å². The zero-order chi connectivity index (χ0) is 18.0. The fraction of sp³-hybridized carbons (Fsp3) is 0.125. The summed E-state index contributed by atoms with van der Waals surface area (Å²) in [5, 5.41) is 15.8. The Labute approximate surface area is 162 Å². The van der Waals surface area contributed by atoms with Crippen LogP contribution in [0.15, 0.2) is 46.9 Å². The number of carbonyl (C=O) groups is 1. The summed E-state index contributed by atoms with van der Waals surface area (Å²) in [6, 6.07) is 11.7. The highest BCUT2D eigenvalue weighted by molar-refractivity contribution is 9.10. The van der Waals surface area contributed by atoms with Gasteiger partial charge in [0.25, 0.3) is 5.91 Å². The lowest BCUT2D eigenvalue weighted by molar-refractivity contribution is -0.119. The molecule has 128 valence electrons. The lowest BCUT2D eigenvalue weighted by Crippen LogP contribution is -2.25. The molecule has 3 rings (SSSR count). The number of hydrogen-bond acceptors (Lipinski definition) is 4. The average Bonchev–Trinajstić information content (AvgIpc) is 3.07. The first kappa shape index (κ1) is 17.8. The van der Waals surface area contributed by atoms with Gasteiger partial charge in [-0.25, -0.2) is 0 Å². The molecule has 0 aliphatic carbocycles. The number of amides is 1. The van der Waals surface area contributed by atoms with E-state index in [0.717, 1.165) is 10.0 Å². The largest absolute Gasteiger partial charge is 0.323 e. The number of hydrogen-bond donors (Lipinski definition) is 1. The van der Waals surface area contributed by atoms with Gasteiger partial charge < -0.3 is 5.32 Å². The van der Waals surface area contributed by atoms with Gasteiger partial charge in [-0.1, -0.05) is 39.1 Å². The van der Waals surface area contributed by atoms with Gasteiger partial charge in [0.05, 0.1) is 10.7 Å². The lowest BCUT2D eigenvalue weighted by atomic mass is 10.2. The monoisotopic (exact) mass is 439 g/mol. The average molecular weight is 441 g/mol. The number of aromatic nitrogens is 4. The molecule has 0 radical (unpaired) electrons. The minimum absolute atomic E-state index is 0.316. The Morgan fingerprint density at radius 3 is 2.60 bits per heavy atom. The van der Waals surface area contributed by atoms with Gasteiger partial charge in [0.15, 0.2) is 0 Å². The molecule has 1 unspecified atom stereocenters. The number of rotatable bonds is 4. The van der Waals surface area contributed by atoms with Gasteiger partial charge in [-0.3, -0.25) is 4.79 Å². The molecule has 2 aromatic carbocycles. The molecule has 0 aliphatic rings. The Morgan fingerprint density at radius 2 is 1.92 bits per heavy atom. The molecule has 1 N–H and O–H groups in total. The van der Waals surface area contributed by atoms with E-state index >= 15 is 0 Å². The maximum atomic E-state index is 12.4. The summed E-state index contributed by atoms with van der Waals surface area (Å²) in [4.78, 5) is 13.7. The van der Waals surface area contributed by atoms with Crippen LogP contribution in [0.1, 0.15) is 13.0 Å². The first-order chi connectivity index (χ1) is 11.9. The van der Waals surface area contributed by atoms with Crippen molar-refractivity contribution in [2.24, 2.45) is 0 Å². The first-order valence-electron chi connectivity index (χ1n) is 7.25. The molecule has 0 bridgehead atoms. The SMILES string of the molecule is CC(C(=O)Nc1ccc(Cl)cc1Cl)n1nnc(-c2ccc(Br)cc2)n1. The van der Waals surface area contributed by atoms with Crippen molar-refractivity contribution in [3.63, 3.8) is 0 Å². The quantitative estimate of drug-likeness (QED) is 0.642. The molecule has 9 heteroatoms. The molecule has 1 heterocycles. The predicted molar refractivity (Wildman–Crippen MR) is 101 cm³/mol. The van der Waals surface area contributed by atoms with Crippen LogP contribution in [0.4, 0.5) is 5.69 Å². The molecule has 1 atom stereocenters. The molecule has 0 aliphatic heterocycles. The Bertz CT molecular complexity index is 913. The van der Waals surface area contributed by atoms with Crippen LogP contribution >= 0.6 is 39.1 Å². The van der Waals surface area contributed by atoms with Crippen LogP contribution in [0.5, 0.6) is 0 Å². The van der Waals surface area contributed by atoms with E-state index in [1.54, 1.807) is 25.1 Å². The van der Waals surface area contributed by atoms with Crippen molar-refractivity contribution in [2.75, 3.05) is 5.32 Å². The number of nitrogens with one attached hydrogen (secondary N) is 1. The van der Waals surface area contributed by atoms with Gasteiger partial charge in [0, 0.05) is 15.1 Å². The number of tetrazole rings is 1. The van der Waals surface area contributed by atoms with Crippen molar-refractivity contribution in [2.45, 2.75) is 13.0 Å². The second-order valence-electron chi connectivity index (χ2n) is 5.23. The summed E-state index contributed by atoms with van der Waals surface area (Å²) in [7, 11) is 0. The molecular formula is C16H12BrCl2N5O. The van der Waals surface area contributed by atoms with E-state index in [1.165, 1.54) is 4.80 Å². The third kappa shape index (κ3) is 4.18. The predicted octanol–water partition coefficient (Wildman–Crippen LogP) is 4.61. The molecule has 6 nitrogen and oxygen atoms in total. The van der Waals surface area contributed by atoms with E-state index in [2.05, 4.69) is 36.7 Å². The normalized spacial score (nSPS) is 12.0. The van der Waals surface area contributed by atoms with Crippen molar-refractivity contribution in [3.8, 4) is 11.4 Å². The van der Waals surface area contributed by atoms with Crippen molar-refractivity contribution in [3.05, 3.63) is 57.0 Å². The standard InChI is InChI=1S/C16H12BrCl2N5O/c1-9(16(25)20-14-7-6-12(18)8-13(14)19)24-22-15(21-23-24)10-2-4-11(17)5-3-10/h2-9H,1H3,(H,20,25). The van der Waals surface area contributed by atoms with Crippen LogP contribution in [-0.4, -0.2) is 26.1 Å². The third-order valence-electron chi connectivity index (χ3n) is 3.45. The molecular weight excluding hydrogens is 429 g/mol. The van der Waals surface area contributed by atoms with Crippen molar-refractivity contribution in [1.82, 2.24) is 20.2 Å². The van der Waals surface area contributed by atoms with Gasteiger partial charge in [-0.05, 0) is 54.6 Å². The van der Waals surface area contributed by atoms with Crippen LogP contribution in [0.2, 0.25) is 10.0 Å². The minimum Gasteiger partial charge on any atom is -0.323 e. The molecule has 1 amide bonds. The fourth-order valence-corrected chi connectivity index (χ4v) is 2.76. The number of nitrogens with zero attached hydrogens (tertiary/aromatic N) is 4. The number of carbonyl (C=O) groups excluding carboxylic acids is 1. The zero-order valence-corrected chi connectivity index (χ0v) is 16.0. The highest BCUT2D eigenvalue weighted by Gasteiger charge is 2.19. The van der Waals surface area contributed by atoms with E-state index in [4.69, 9.17) is 23.2 Å². The molecule has 0 saturated carbocycles. The van der Waals surface area contributed by atoms with Gasteiger partial charge in [-0.15, -0.1) is 10.2 Å². The Balaban J connectivity index is 1.75. The van der Waals surface area contributed by atoms with Crippen LogP contribution in [0, 0.1) is 0 Å². The summed E-state index contributed by atoms with van der Waals surface area (Å²) < 4.78 is 0.955. The maximum Gasteiger partial charge on any atom is 0.250 e. The second-order valence-corrected chi connectivity index (χ2v) is 6.99. The summed E-state index contributed by atoms with van der Waals surface area (Å²) in [5.74, 6) is 0.126. The highest BCUT2D eigenvalue weighted by atomic mass is 79.9. The Kier molecular flexibility index (Phi) is 5.36. The summed E-state index contributed by atoms with van der Waals surface area (Å²) in [5.41, 5.74) is 1.28. The topological polar surface area (TPSA) is 72.7 Å². The highest BCUT2D eigenvalue weighted by Crippen LogP contribution is 2.26. The molecule has 3 aromatic rings. The first-order valence-corrected chi connectivity index (χ1v) is 8.80. The molecule has 0 spiro atoms. The second kappa shape index (κ2) is 7.51. The Morgan fingerprint density at radius 1 is 1.20 bits per heavy atom. The van der Waals surface area contributed by atoms with Crippen LogP contribution in [0.3, 0.4) is 0 Å². The molecule has 25 heavy (non-hydrogen) atoms. The van der Waals surface area contributed by atoms with Crippen molar-refractivity contribution >= 4 is 50.7 Å². The number of anilines is 1. The lowest BCUT2D eigenvalue weighted by Gasteiger charge is -2.12. The van der Waals surface area contributed by atoms with E-state index in [0.29, 0.717) is 21.6 Å². The van der Waals surface area contributed by atoms with Crippen molar-refractivity contribution < 1.29 is 4.79 Å². The van der Waals surface area contributed by atoms with Gasteiger partial charge >= 0.3 is 0 Å². The fourth-order valence-electron chi connectivity index (χ4n) is 2.04. The smallest absolute Gasteiger partial charge is 0.250 e. The van der Waals surface area contributed by atoms with Crippen LogP contribution in [-0.2, 0) is 4.79 Å². The van der Waals surface area contributed by atoms with Crippen LogP contribution < -0.4 is 5.32 Å². The number of benzene rings is 2.